The van der Waals surface area contributed by atoms with Gasteiger partial charge >= 0.3 is 0 Å². The normalized spacial score (nSPS) is 23.1. The molecular weight excluding hydrogens is 380 g/mol. The largest absolute Gasteiger partial charge is 0.373 e. The summed E-state index contributed by atoms with van der Waals surface area (Å²) >= 11 is 3.33. The molecule has 1 saturated heterocycles. The monoisotopic (exact) mass is 404 g/mol. The Morgan fingerprint density at radius 2 is 1.96 bits per heavy atom. The maximum absolute atomic E-state index is 12.3. The van der Waals surface area contributed by atoms with Gasteiger partial charge in [-0.2, -0.15) is 0 Å². The van der Waals surface area contributed by atoms with Gasteiger partial charge in [-0.3, -0.25) is 4.90 Å². The van der Waals surface area contributed by atoms with E-state index in [0.29, 0.717) is 11.0 Å². The molecule has 2 unspecified atom stereocenters. The summed E-state index contributed by atoms with van der Waals surface area (Å²) in [6, 6.07) is 5.24. The molecule has 0 saturated carbocycles. The molecule has 1 aromatic carbocycles. The van der Waals surface area contributed by atoms with Crippen molar-refractivity contribution in [3.05, 3.63) is 28.2 Å². The van der Waals surface area contributed by atoms with Gasteiger partial charge in [0.05, 0.1) is 17.1 Å². The predicted octanol–water partition coefficient (Wildman–Crippen LogP) is 2.54. The number of rotatable bonds is 6. The second-order valence-corrected chi connectivity index (χ2v) is 8.79. The van der Waals surface area contributed by atoms with Crippen molar-refractivity contribution >= 4 is 26.0 Å². The number of hydrogen-bond acceptors (Lipinski definition) is 4. The van der Waals surface area contributed by atoms with E-state index in [2.05, 4.69) is 39.4 Å². The van der Waals surface area contributed by atoms with Gasteiger partial charge in [0.25, 0.3) is 0 Å². The van der Waals surface area contributed by atoms with Crippen molar-refractivity contribution in [2.24, 2.45) is 0 Å². The lowest BCUT2D eigenvalue weighted by molar-refractivity contribution is -0.0679. The van der Waals surface area contributed by atoms with Crippen LogP contribution in [-0.4, -0.2) is 51.7 Å². The summed E-state index contributed by atoms with van der Waals surface area (Å²) in [6.07, 6.45) is 1.25. The number of aryl methyl sites for hydroxylation is 1. The first-order valence-electron chi connectivity index (χ1n) is 7.91. The molecule has 1 aliphatic rings. The molecule has 130 valence electrons. The highest BCUT2D eigenvalue weighted by atomic mass is 79.9. The fourth-order valence-electron chi connectivity index (χ4n) is 2.88. The van der Waals surface area contributed by atoms with Gasteiger partial charge in [-0.05, 0) is 67.4 Å². The maximum Gasteiger partial charge on any atom is 0.241 e. The summed E-state index contributed by atoms with van der Waals surface area (Å²) < 4.78 is 33.7. The van der Waals surface area contributed by atoms with Crippen LogP contribution in [0.2, 0.25) is 0 Å². The average molecular weight is 405 g/mol. The Bertz CT molecular complexity index is 626. The van der Waals surface area contributed by atoms with E-state index in [-0.39, 0.29) is 17.1 Å². The Kier molecular flexibility index (Phi) is 6.62. The molecule has 1 aromatic rings. The van der Waals surface area contributed by atoms with Crippen molar-refractivity contribution in [3.63, 3.8) is 0 Å². The van der Waals surface area contributed by atoms with E-state index in [0.717, 1.165) is 31.6 Å². The van der Waals surface area contributed by atoms with Crippen LogP contribution in [0.15, 0.2) is 27.6 Å². The Labute approximate surface area is 147 Å². The Balaban J connectivity index is 1.83. The molecule has 0 bridgehead atoms. The second-order valence-electron chi connectivity index (χ2n) is 6.20. The third-order valence-corrected chi connectivity index (χ3v) is 6.25. The fourth-order valence-corrected chi connectivity index (χ4v) is 5.14. The van der Waals surface area contributed by atoms with E-state index < -0.39 is 10.0 Å². The van der Waals surface area contributed by atoms with E-state index >= 15 is 0 Å². The Hall–Kier alpha value is -0.470. The number of ether oxygens (including phenoxy) is 1. The van der Waals surface area contributed by atoms with Gasteiger partial charge in [-0.25, -0.2) is 13.1 Å². The van der Waals surface area contributed by atoms with E-state index in [9.17, 15) is 8.42 Å². The molecule has 0 spiro atoms. The van der Waals surface area contributed by atoms with Crippen molar-refractivity contribution in [3.8, 4) is 0 Å². The van der Waals surface area contributed by atoms with Crippen molar-refractivity contribution in [1.82, 2.24) is 9.62 Å². The zero-order valence-electron chi connectivity index (χ0n) is 13.9. The van der Waals surface area contributed by atoms with Gasteiger partial charge in [0, 0.05) is 24.1 Å². The van der Waals surface area contributed by atoms with Crippen molar-refractivity contribution in [1.29, 1.82) is 0 Å². The highest BCUT2D eigenvalue weighted by Crippen LogP contribution is 2.22. The number of morpholine rings is 1. The fraction of sp³-hybridized carbons (Fsp3) is 0.625. The third-order valence-electron chi connectivity index (χ3n) is 3.82. The van der Waals surface area contributed by atoms with E-state index in [4.69, 9.17) is 4.74 Å². The van der Waals surface area contributed by atoms with E-state index in [1.165, 1.54) is 0 Å². The van der Waals surface area contributed by atoms with Crippen LogP contribution in [0.5, 0.6) is 0 Å². The minimum atomic E-state index is -3.47. The zero-order chi connectivity index (χ0) is 17.0. The highest BCUT2D eigenvalue weighted by molar-refractivity contribution is 9.10. The molecule has 0 amide bonds. The van der Waals surface area contributed by atoms with E-state index in [1.54, 1.807) is 12.1 Å². The molecule has 1 aliphatic heterocycles. The van der Waals surface area contributed by atoms with Crippen LogP contribution in [0, 0.1) is 6.92 Å². The Morgan fingerprint density at radius 3 is 2.57 bits per heavy atom. The molecule has 2 atom stereocenters. The molecule has 1 fully saturated rings. The lowest BCUT2D eigenvalue weighted by Gasteiger charge is -2.35. The van der Waals surface area contributed by atoms with Crippen LogP contribution in [0.25, 0.3) is 0 Å². The first-order chi connectivity index (χ1) is 10.8. The minimum Gasteiger partial charge on any atom is -0.373 e. The van der Waals surface area contributed by atoms with Gasteiger partial charge in [-0.15, -0.1) is 0 Å². The van der Waals surface area contributed by atoms with Crippen LogP contribution in [0.1, 0.15) is 25.8 Å². The van der Waals surface area contributed by atoms with Gasteiger partial charge in [0.2, 0.25) is 10.0 Å². The quantitative estimate of drug-likeness (QED) is 0.739. The van der Waals surface area contributed by atoms with Crippen molar-refractivity contribution in [2.75, 3.05) is 26.2 Å². The van der Waals surface area contributed by atoms with Gasteiger partial charge in [-0.1, -0.05) is 6.07 Å². The number of nitrogens with one attached hydrogen (secondary N) is 1. The highest BCUT2D eigenvalue weighted by Gasteiger charge is 2.22. The second kappa shape index (κ2) is 8.07. The summed E-state index contributed by atoms with van der Waals surface area (Å²) in [6.45, 7) is 9.18. The lowest BCUT2D eigenvalue weighted by Crippen LogP contribution is -2.46. The molecule has 0 aliphatic carbocycles. The first-order valence-corrected chi connectivity index (χ1v) is 10.2. The number of nitrogens with zero attached hydrogens (tertiary/aromatic N) is 1. The summed E-state index contributed by atoms with van der Waals surface area (Å²) in [5.74, 6) is 0. The molecule has 1 heterocycles. The number of hydrogen-bond donors (Lipinski definition) is 1. The van der Waals surface area contributed by atoms with Crippen LogP contribution < -0.4 is 4.72 Å². The zero-order valence-corrected chi connectivity index (χ0v) is 16.3. The van der Waals surface area contributed by atoms with Gasteiger partial charge in [0.15, 0.2) is 0 Å². The van der Waals surface area contributed by atoms with Gasteiger partial charge < -0.3 is 4.74 Å². The molecular formula is C16H25BrN2O3S. The van der Waals surface area contributed by atoms with Crippen molar-refractivity contribution in [2.45, 2.75) is 44.3 Å². The number of benzene rings is 1. The van der Waals surface area contributed by atoms with Crippen molar-refractivity contribution < 1.29 is 13.2 Å². The topological polar surface area (TPSA) is 58.6 Å². The molecule has 0 aromatic heterocycles. The first kappa shape index (κ1) is 18.9. The lowest BCUT2D eigenvalue weighted by atomic mass is 10.2. The molecule has 1 N–H and O–H groups in total. The summed E-state index contributed by atoms with van der Waals surface area (Å²) in [4.78, 5) is 2.62. The molecule has 2 rings (SSSR count). The van der Waals surface area contributed by atoms with E-state index in [1.807, 2.05) is 13.0 Å². The number of halogens is 1. The van der Waals surface area contributed by atoms with Crippen LogP contribution in [0.3, 0.4) is 0 Å². The van der Waals surface area contributed by atoms with Crippen LogP contribution in [-0.2, 0) is 14.8 Å². The molecule has 7 heteroatoms. The maximum atomic E-state index is 12.3. The minimum absolute atomic E-state index is 0.235. The summed E-state index contributed by atoms with van der Waals surface area (Å²) in [5.41, 5.74) is 1.02. The summed E-state index contributed by atoms with van der Waals surface area (Å²) in [5, 5.41) is 0. The van der Waals surface area contributed by atoms with Crippen LogP contribution >= 0.6 is 15.9 Å². The van der Waals surface area contributed by atoms with Gasteiger partial charge in [0.1, 0.15) is 0 Å². The van der Waals surface area contributed by atoms with Crippen LogP contribution in [0.4, 0.5) is 0 Å². The molecule has 0 radical (unpaired) electrons. The molecule has 23 heavy (non-hydrogen) atoms. The standard InChI is InChI=1S/C16H25BrN2O3S/c1-12-5-6-16(15(17)9-12)23(20,21)18-7-4-8-19-10-13(2)22-14(3)11-19/h5-6,9,13-14,18H,4,7-8,10-11H2,1-3H3. The smallest absolute Gasteiger partial charge is 0.241 e. The predicted molar refractivity (Wildman–Crippen MR) is 95.1 cm³/mol. The molecule has 5 nitrogen and oxygen atoms in total. The Morgan fingerprint density at radius 1 is 1.30 bits per heavy atom. The number of sulfonamides is 1. The summed E-state index contributed by atoms with van der Waals surface area (Å²) in [7, 11) is -3.47. The third kappa shape index (κ3) is 5.53. The SMILES string of the molecule is Cc1ccc(S(=O)(=O)NCCCN2CC(C)OC(C)C2)c(Br)c1. The average Bonchev–Trinajstić information content (AvgIpc) is 2.42.